The zero-order chi connectivity index (χ0) is 11.6. The molecule has 2 heterocycles. The van der Waals surface area contributed by atoms with Gasteiger partial charge in [0.2, 0.25) is 5.89 Å². The summed E-state index contributed by atoms with van der Waals surface area (Å²) < 4.78 is 4.89. The lowest BCUT2D eigenvalue weighted by Crippen LogP contribution is -2.31. The molecular formula is C10H16N4OS. The van der Waals surface area contributed by atoms with E-state index in [0.29, 0.717) is 23.7 Å². The summed E-state index contributed by atoms with van der Waals surface area (Å²) in [6, 6.07) is 0. The molecule has 0 unspecified atom stereocenters. The Labute approximate surface area is 99.1 Å². The number of hydrogen-bond acceptors (Lipinski definition) is 6. The van der Waals surface area contributed by atoms with Crippen molar-refractivity contribution in [1.82, 2.24) is 15.5 Å². The number of rotatable bonds is 2. The topological polar surface area (TPSA) is 63.3 Å². The van der Waals surface area contributed by atoms with Gasteiger partial charge in [0.15, 0.2) is 11.0 Å². The molecular weight excluding hydrogens is 224 g/mol. The third-order valence-corrected chi connectivity index (χ3v) is 3.69. The van der Waals surface area contributed by atoms with E-state index in [9.17, 15) is 0 Å². The van der Waals surface area contributed by atoms with Crippen LogP contribution in [0.25, 0.3) is 0 Å². The van der Waals surface area contributed by atoms with Gasteiger partial charge in [-0.2, -0.15) is 4.98 Å². The number of amidine groups is 1. The lowest BCUT2D eigenvalue weighted by atomic mass is 9.97. The van der Waals surface area contributed by atoms with E-state index >= 15 is 0 Å². The van der Waals surface area contributed by atoms with Gasteiger partial charge in [-0.25, -0.2) is 0 Å². The molecule has 1 aliphatic rings. The Hall–Kier alpha value is -1.04. The van der Waals surface area contributed by atoms with Crippen molar-refractivity contribution in [3.05, 3.63) is 11.7 Å². The van der Waals surface area contributed by atoms with E-state index in [1.54, 1.807) is 18.7 Å². The minimum absolute atomic E-state index is 0.304. The van der Waals surface area contributed by atoms with Crippen LogP contribution < -0.4 is 5.32 Å². The van der Waals surface area contributed by atoms with Crippen molar-refractivity contribution in [1.29, 1.82) is 0 Å². The molecule has 0 fully saturated rings. The molecule has 5 nitrogen and oxygen atoms in total. The smallest absolute Gasteiger partial charge is 0.223 e. The molecule has 0 aromatic carbocycles. The van der Waals surface area contributed by atoms with E-state index in [0.717, 1.165) is 17.5 Å². The number of aryl methyl sites for hydroxylation is 1. The highest BCUT2D eigenvalue weighted by atomic mass is 32.2. The molecule has 16 heavy (non-hydrogen) atoms. The maximum absolute atomic E-state index is 4.89. The first-order valence-electron chi connectivity index (χ1n) is 5.25. The molecule has 0 saturated carbocycles. The van der Waals surface area contributed by atoms with Crippen LogP contribution in [0.1, 0.15) is 25.6 Å². The number of aliphatic imine (C=N–C) groups is 1. The number of thioether (sulfide) groups is 1. The van der Waals surface area contributed by atoms with Crippen molar-refractivity contribution in [2.24, 2.45) is 10.4 Å². The van der Waals surface area contributed by atoms with E-state index in [-0.39, 0.29) is 0 Å². The average Bonchev–Trinajstić information content (AvgIpc) is 2.63. The summed E-state index contributed by atoms with van der Waals surface area (Å²) in [5.41, 5.74) is 0.304. The van der Waals surface area contributed by atoms with Gasteiger partial charge in [-0.15, -0.1) is 0 Å². The van der Waals surface area contributed by atoms with Crippen molar-refractivity contribution in [3.8, 4) is 0 Å². The molecule has 1 aromatic heterocycles. The number of aromatic nitrogens is 2. The number of hydrogen-bond donors (Lipinski definition) is 1. The molecule has 6 heteroatoms. The summed E-state index contributed by atoms with van der Waals surface area (Å²) in [5, 5.41) is 8.01. The van der Waals surface area contributed by atoms with Crippen LogP contribution in [0.15, 0.2) is 9.52 Å². The SMILES string of the molecule is Cc1nc(CNC2=NCC(C)(C)CS2)no1. The van der Waals surface area contributed by atoms with Gasteiger partial charge in [0.25, 0.3) is 0 Å². The molecule has 0 spiro atoms. The lowest BCUT2D eigenvalue weighted by molar-refractivity contribution is 0.387. The summed E-state index contributed by atoms with van der Waals surface area (Å²) in [4.78, 5) is 8.61. The van der Waals surface area contributed by atoms with Gasteiger partial charge < -0.3 is 9.84 Å². The Morgan fingerprint density at radius 3 is 2.88 bits per heavy atom. The highest BCUT2D eigenvalue weighted by molar-refractivity contribution is 8.13. The minimum Gasteiger partial charge on any atom is -0.357 e. The molecule has 1 aliphatic heterocycles. The summed E-state index contributed by atoms with van der Waals surface area (Å²) in [6.45, 7) is 7.68. The molecule has 0 aliphatic carbocycles. The van der Waals surface area contributed by atoms with Crippen LogP contribution in [-0.2, 0) is 6.54 Å². The Bertz CT molecular complexity index is 399. The molecule has 0 atom stereocenters. The quantitative estimate of drug-likeness (QED) is 0.850. The predicted octanol–water partition coefficient (Wildman–Crippen LogP) is 1.60. The highest BCUT2D eigenvalue weighted by Gasteiger charge is 2.23. The first-order chi connectivity index (χ1) is 7.55. The van der Waals surface area contributed by atoms with E-state index in [1.165, 1.54) is 0 Å². The number of nitrogens with one attached hydrogen (secondary N) is 1. The minimum atomic E-state index is 0.304. The summed E-state index contributed by atoms with van der Waals surface area (Å²) in [7, 11) is 0. The van der Waals surface area contributed by atoms with Gasteiger partial charge in [-0.3, -0.25) is 4.99 Å². The summed E-state index contributed by atoms with van der Waals surface area (Å²) in [5.74, 6) is 2.35. The van der Waals surface area contributed by atoms with Gasteiger partial charge in [0, 0.05) is 19.2 Å². The second-order valence-corrected chi connectivity index (χ2v) is 5.62. The van der Waals surface area contributed by atoms with Crippen LogP contribution >= 0.6 is 11.8 Å². The second kappa shape index (κ2) is 4.45. The number of nitrogens with zero attached hydrogens (tertiary/aromatic N) is 3. The summed E-state index contributed by atoms with van der Waals surface area (Å²) >= 11 is 1.75. The van der Waals surface area contributed by atoms with E-state index in [4.69, 9.17) is 4.52 Å². The van der Waals surface area contributed by atoms with Crippen LogP contribution in [0.4, 0.5) is 0 Å². The molecule has 88 valence electrons. The fourth-order valence-corrected chi connectivity index (χ4v) is 2.26. The molecule has 0 bridgehead atoms. The van der Waals surface area contributed by atoms with Crippen molar-refractivity contribution in [2.45, 2.75) is 27.3 Å². The van der Waals surface area contributed by atoms with Crippen molar-refractivity contribution in [2.75, 3.05) is 12.3 Å². The first kappa shape index (κ1) is 11.4. The monoisotopic (exact) mass is 240 g/mol. The third-order valence-electron chi connectivity index (χ3n) is 2.22. The van der Waals surface area contributed by atoms with E-state index in [2.05, 4.69) is 34.3 Å². The molecule has 0 saturated heterocycles. The van der Waals surface area contributed by atoms with Crippen molar-refractivity contribution >= 4 is 16.9 Å². The third kappa shape index (κ3) is 2.98. The molecule has 0 amide bonds. The zero-order valence-corrected chi connectivity index (χ0v) is 10.6. The van der Waals surface area contributed by atoms with E-state index < -0.39 is 0 Å². The van der Waals surface area contributed by atoms with E-state index in [1.807, 2.05) is 0 Å². The molecule has 1 aromatic rings. The Morgan fingerprint density at radius 2 is 2.31 bits per heavy atom. The fraction of sp³-hybridized carbons (Fsp3) is 0.700. The Kier molecular flexibility index (Phi) is 3.18. The van der Waals surface area contributed by atoms with Crippen LogP contribution in [0.3, 0.4) is 0 Å². The van der Waals surface area contributed by atoms with Crippen LogP contribution in [0, 0.1) is 12.3 Å². The maximum atomic E-state index is 4.89. The van der Waals surface area contributed by atoms with Crippen LogP contribution in [-0.4, -0.2) is 27.6 Å². The zero-order valence-electron chi connectivity index (χ0n) is 9.78. The lowest BCUT2D eigenvalue weighted by Gasteiger charge is -2.27. The fourth-order valence-electron chi connectivity index (χ4n) is 1.32. The van der Waals surface area contributed by atoms with Gasteiger partial charge in [-0.1, -0.05) is 30.8 Å². The molecule has 1 N–H and O–H groups in total. The van der Waals surface area contributed by atoms with Crippen molar-refractivity contribution < 1.29 is 4.52 Å². The molecule has 0 radical (unpaired) electrons. The van der Waals surface area contributed by atoms with Gasteiger partial charge in [0.05, 0.1) is 6.54 Å². The van der Waals surface area contributed by atoms with Crippen molar-refractivity contribution in [3.63, 3.8) is 0 Å². The van der Waals surface area contributed by atoms with Gasteiger partial charge in [-0.05, 0) is 5.41 Å². The normalized spacial score (nSPS) is 19.3. The predicted molar refractivity (Wildman–Crippen MR) is 64.4 cm³/mol. The van der Waals surface area contributed by atoms with Crippen LogP contribution in [0.2, 0.25) is 0 Å². The maximum Gasteiger partial charge on any atom is 0.223 e. The standard InChI is InChI=1S/C10H16N4OS/c1-7-13-8(14-15-7)4-11-9-12-5-10(2,3)6-16-9/h4-6H2,1-3H3,(H,11,12). The average molecular weight is 240 g/mol. The second-order valence-electron chi connectivity index (χ2n) is 4.66. The molecule has 2 rings (SSSR count). The van der Waals surface area contributed by atoms with Gasteiger partial charge in [0.1, 0.15) is 0 Å². The first-order valence-corrected chi connectivity index (χ1v) is 6.24. The largest absolute Gasteiger partial charge is 0.357 e. The highest BCUT2D eigenvalue weighted by Crippen LogP contribution is 2.26. The van der Waals surface area contributed by atoms with Gasteiger partial charge >= 0.3 is 0 Å². The Balaban J connectivity index is 1.85. The Morgan fingerprint density at radius 1 is 1.50 bits per heavy atom. The van der Waals surface area contributed by atoms with Crippen LogP contribution in [0.5, 0.6) is 0 Å². The summed E-state index contributed by atoms with van der Waals surface area (Å²) in [6.07, 6.45) is 0.